The lowest BCUT2D eigenvalue weighted by Crippen LogP contribution is -2.59. The number of esters is 1. The Morgan fingerprint density at radius 3 is 2.50 bits per heavy atom. The zero-order valence-electron chi connectivity index (χ0n) is 20.7. The van der Waals surface area contributed by atoms with Crippen LogP contribution in [0.1, 0.15) is 73.1 Å². The van der Waals surface area contributed by atoms with Crippen LogP contribution < -0.4 is 0 Å². The first kappa shape index (κ1) is 23.9. The van der Waals surface area contributed by atoms with Gasteiger partial charge in [-0.05, 0) is 87.1 Å². The highest BCUT2D eigenvalue weighted by molar-refractivity contribution is 5.79. The van der Waals surface area contributed by atoms with E-state index in [1.54, 1.807) is 6.92 Å². The molecule has 0 amide bonds. The van der Waals surface area contributed by atoms with E-state index >= 15 is 0 Å². The molecule has 0 unspecified atom stereocenters. The Labute approximate surface area is 194 Å². The smallest absolute Gasteiger partial charge is 0.320 e. The molecule has 4 aliphatic rings. The molecule has 5 nitrogen and oxygen atoms in total. The summed E-state index contributed by atoms with van der Waals surface area (Å²) in [6.07, 6.45) is 9.55. The number of hydrogen-bond acceptors (Lipinski definition) is 5. The number of aliphatic hydroxyl groups excluding tert-OH is 1. The Morgan fingerprint density at radius 1 is 1.12 bits per heavy atom. The molecule has 180 valence electrons. The normalized spacial score (nSPS) is 45.2. The minimum Gasteiger partial charge on any atom is -0.461 e. The summed E-state index contributed by atoms with van der Waals surface area (Å²) >= 11 is 0. The average Bonchev–Trinajstić information content (AvgIpc) is 3.09. The maximum absolute atomic E-state index is 13.1. The predicted molar refractivity (Wildman–Crippen MR) is 125 cm³/mol. The highest BCUT2D eigenvalue weighted by Gasteiger charge is 2.64. The first-order valence-corrected chi connectivity index (χ1v) is 12.9. The summed E-state index contributed by atoms with van der Waals surface area (Å²) in [5, 5.41) is 10.3. The van der Waals surface area contributed by atoms with Crippen molar-refractivity contribution in [3.8, 4) is 0 Å². The topological polar surface area (TPSA) is 66.8 Å². The number of Topliss-reactive ketones (excluding diaryl/α,β-unsaturated/α-hetero) is 1. The van der Waals surface area contributed by atoms with E-state index in [-0.39, 0.29) is 40.8 Å². The van der Waals surface area contributed by atoms with Gasteiger partial charge in [-0.15, -0.1) is 0 Å². The molecule has 0 radical (unpaired) electrons. The molecule has 4 aliphatic carbocycles. The van der Waals surface area contributed by atoms with E-state index in [0.717, 1.165) is 51.6 Å². The molecule has 3 saturated carbocycles. The molecule has 5 heteroatoms. The monoisotopic (exact) mass is 445 g/mol. The Bertz CT molecular complexity index is 761. The zero-order valence-corrected chi connectivity index (χ0v) is 20.7. The van der Waals surface area contributed by atoms with Gasteiger partial charge in [0.2, 0.25) is 0 Å². The minimum absolute atomic E-state index is 0.0715. The molecule has 0 saturated heterocycles. The van der Waals surface area contributed by atoms with Gasteiger partial charge in [-0.25, -0.2) is 0 Å². The molecule has 0 bridgehead atoms. The number of ketones is 1. The molecule has 0 aliphatic heterocycles. The summed E-state index contributed by atoms with van der Waals surface area (Å²) in [6.45, 7) is 12.5. The third-order valence-corrected chi connectivity index (χ3v) is 10.1. The first-order valence-electron chi connectivity index (χ1n) is 12.9. The van der Waals surface area contributed by atoms with Gasteiger partial charge in [0.25, 0.3) is 0 Å². The fourth-order valence-electron chi connectivity index (χ4n) is 8.49. The molecule has 1 N–H and O–H groups in total. The standard InChI is InChI=1S/C27H43NO4/c1-6-28(7-2)16-24(31)32-23-15-27(5)21(17(3)29)10-11-22(27)20-9-8-18-14-19(30)12-13-26(18,4)25(20)23/h12-13,18-23,25,30H,6-11,14-16H2,1-5H3/t18-,19+,20-,21+,22-,23-,25+,26-,27+/m0/s1. The van der Waals surface area contributed by atoms with Crippen LogP contribution in [0, 0.1) is 40.4 Å². The number of fused-ring (bicyclic) bond motifs is 5. The zero-order chi connectivity index (χ0) is 23.3. The SMILES string of the molecule is CCN(CC)CC(=O)O[C@H]1C[C@]2(C)[C@@H](C(C)=O)CC[C@H]2[C@@H]2CC[C@H]3C[C@H](O)C=C[C@]3(C)[C@H]21. The van der Waals surface area contributed by atoms with Crippen LogP contribution in [0.5, 0.6) is 0 Å². The number of ether oxygens (including phenoxy) is 1. The van der Waals surface area contributed by atoms with E-state index in [1.165, 1.54) is 0 Å². The lowest BCUT2D eigenvalue weighted by molar-refractivity contribution is -0.186. The van der Waals surface area contributed by atoms with Gasteiger partial charge in [-0.2, -0.15) is 0 Å². The number of hydrogen-bond donors (Lipinski definition) is 1. The molecular formula is C27H43NO4. The maximum atomic E-state index is 13.1. The molecule has 0 aromatic carbocycles. The Morgan fingerprint density at radius 2 is 1.84 bits per heavy atom. The maximum Gasteiger partial charge on any atom is 0.320 e. The van der Waals surface area contributed by atoms with Crippen molar-refractivity contribution in [2.24, 2.45) is 40.4 Å². The van der Waals surface area contributed by atoms with Crippen molar-refractivity contribution in [1.29, 1.82) is 0 Å². The summed E-state index contributed by atoms with van der Waals surface area (Å²) in [4.78, 5) is 27.7. The van der Waals surface area contributed by atoms with Gasteiger partial charge in [-0.1, -0.05) is 39.8 Å². The van der Waals surface area contributed by atoms with Crippen LogP contribution >= 0.6 is 0 Å². The third kappa shape index (κ3) is 3.87. The van der Waals surface area contributed by atoms with Gasteiger partial charge >= 0.3 is 5.97 Å². The van der Waals surface area contributed by atoms with Gasteiger partial charge in [0.05, 0.1) is 12.6 Å². The Kier molecular flexibility index (Phi) is 6.63. The van der Waals surface area contributed by atoms with Crippen LogP contribution in [0.3, 0.4) is 0 Å². The number of allylic oxidation sites excluding steroid dienone is 1. The quantitative estimate of drug-likeness (QED) is 0.489. The second-order valence-electron chi connectivity index (χ2n) is 11.5. The second kappa shape index (κ2) is 8.87. The average molecular weight is 446 g/mol. The van der Waals surface area contributed by atoms with Crippen LogP contribution in [-0.2, 0) is 14.3 Å². The van der Waals surface area contributed by atoms with E-state index in [9.17, 15) is 14.7 Å². The van der Waals surface area contributed by atoms with Gasteiger partial charge in [0, 0.05) is 11.8 Å². The molecule has 0 spiro atoms. The molecular weight excluding hydrogens is 402 g/mol. The van der Waals surface area contributed by atoms with E-state index < -0.39 is 0 Å². The number of aliphatic hydroxyl groups is 1. The molecule has 0 aromatic rings. The van der Waals surface area contributed by atoms with E-state index in [2.05, 4.69) is 38.7 Å². The lowest BCUT2D eigenvalue weighted by Gasteiger charge is -2.61. The summed E-state index contributed by atoms with van der Waals surface area (Å²) in [5.74, 6) is 1.88. The van der Waals surface area contributed by atoms with Crippen LogP contribution in [0.4, 0.5) is 0 Å². The van der Waals surface area contributed by atoms with Gasteiger partial charge < -0.3 is 9.84 Å². The summed E-state index contributed by atoms with van der Waals surface area (Å²) in [5.41, 5.74) is -0.161. The van der Waals surface area contributed by atoms with E-state index in [1.807, 2.05) is 6.08 Å². The van der Waals surface area contributed by atoms with Crippen LogP contribution in [-0.4, -0.2) is 53.6 Å². The highest BCUT2D eigenvalue weighted by atomic mass is 16.5. The number of carbonyl (C=O) groups is 2. The second-order valence-corrected chi connectivity index (χ2v) is 11.5. The van der Waals surface area contributed by atoms with Crippen LogP contribution in [0.15, 0.2) is 12.2 Å². The lowest BCUT2D eigenvalue weighted by atomic mass is 9.45. The van der Waals surface area contributed by atoms with E-state index in [4.69, 9.17) is 4.74 Å². The fourth-order valence-corrected chi connectivity index (χ4v) is 8.49. The van der Waals surface area contributed by atoms with Crippen LogP contribution in [0.25, 0.3) is 0 Å². The largest absolute Gasteiger partial charge is 0.461 e. The molecule has 4 rings (SSSR count). The first-order chi connectivity index (χ1) is 15.1. The summed E-state index contributed by atoms with van der Waals surface area (Å²) in [6, 6.07) is 0. The molecule has 0 aromatic heterocycles. The molecule has 0 heterocycles. The number of likely N-dealkylation sites (N-methyl/N-ethyl adjacent to an activating group) is 1. The van der Waals surface area contributed by atoms with Crippen molar-refractivity contribution in [1.82, 2.24) is 4.90 Å². The fraction of sp³-hybridized carbons (Fsp3) is 0.852. The third-order valence-electron chi connectivity index (χ3n) is 10.1. The van der Waals surface area contributed by atoms with Crippen molar-refractivity contribution in [2.45, 2.75) is 85.4 Å². The Balaban J connectivity index is 1.68. The number of rotatable bonds is 6. The Hall–Kier alpha value is -1.20. The van der Waals surface area contributed by atoms with Crippen molar-refractivity contribution < 1.29 is 19.4 Å². The highest BCUT2D eigenvalue weighted by Crippen LogP contribution is 2.67. The number of carbonyl (C=O) groups excluding carboxylic acids is 2. The summed E-state index contributed by atoms with van der Waals surface area (Å²) in [7, 11) is 0. The van der Waals surface area contributed by atoms with Crippen molar-refractivity contribution in [3.05, 3.63) is 12.2 Å². The van der Waals surface area contributed by atoms with Crippen LogP contribution in [0.2, 0.25) is 0 Å². The van der Waals surface area contributed by atoms with E-state index in [0.29, 0.717) is 30.1 Å². The van der Waals surface area contributed by atoms with Crippen molar-refractivity contribution >= 4 is 11.8 Å². The molecule has 3 fully saturated rings. The number of nitrogens with zero attached hydrogens (tertiary/aromatic N) is 1. The van der Waals surface area contributed by atoms with Gasteiger partial charge in [0.1, 0.15) is 11.9 Å². The van der Waals surface area contributed by atoms with Gasteiger partial charge in [-0.3, -0.25) is 14.5 Å². The predicted octanol–water partition coefficient (Wildman–Crippen LogP) is 4.23. The van der Waals surface area contributed by atoms with Gasteiger partial charge in [0.15, 0.2) is 0 Å². The summed E-state index contributed by atoms with van der Waals surface area (Å²) < 4.78 is 6.35. The molecule has 9 atom stereocenters. The van der Waals surface area contributed by atoms with Crippen molar-refractivity contribution in [2.75, 3.05) is 19.6 Å². The van der Waals surface area contributed by atoms with Crippen molar-refractivity contribution in [3.63, 3.8) is 0 Å². The minimum atomic E-state index is -0.365. The molecule has 32 heavy (non-hydrogen) atoms.